The Bertz CT molecular complexity index is 1070. The molecule has 0 aromatic heterocycles. The molecule has 2 amide bonds. The van der Waals surface area contributed by atoms with Gasteiger partial charge in [-0.3, -0.25) is 14.5 Å². The van der Waals surface area contributed by atoms with Gasteiger partial charge in [-0.05, 0) is 49.8 Å². The molecule has 0 bridgehead atoms. The standard InChI is InChI=1S/C26H34N4O4/c1-7-20(25-19-14-22(33-5)23(34-6)15-21(19)28-26(25)32)27-17-10-12-18(13-11-17)29(4)24(31)16-30(8-2)9-3/h10-15,27H,7-9,16H2,1-6H3,(H,28,32)/b25-20-. The van der Waals surface area contributed by atoms with E-state index in [1.807, 2.05) is 51.1 Å². The van der Waals surface area contributed by atoms with Crippen LogP contribution in [0.4, 0.5) is 17.1 Å². The third kappa shape index (κ3) is 5.17. The van der Waals surface area contributed by atoms with Gasteiger partial charge in [0.2, 0.25) is 5.91 Å². The summed E-state index contributed by atoms with van der Waals surface area (Å²) in [6.07, 6.45) is 0.626. The topological polar surface area (TPSA) is 83.1 Å². The maximum absolute atomic E-state index is 12.8. The lowest BCUT2D eigenvalue weighted by Crippen LogP contribution is -2.38. The fourth-order valence-electron chi connectivity index (χ4n) is 3.95. The second-order valence-corrected chi connectivity index (χ2v) is 8.00. The number of nitrogens with one attached hydrogen (secondary N) is 2. The van der Waals surface area contributed by atoms with Crippen LogP contribution in [0.5, 0.6) is 11.5 Å². The molecular formula is C26H34N4O4. The number of allylic oxidation sites excluding steroid dienone is 1. The third-order valence-electron chi connectivity index (χ3n) is 6.10. The summed E-state index contributed by atoms with van der Waals surface area (Å²) in [6.45, 7) is 8.15. The zero-order valence-corrected chi connectivity index (χ0v) is 20.8. The molecule has 0 saturated heterocycles. The number of hydrogen-bond donors (Lipinski definition) is 2. The molecule has 0 aliphatic carbocycles. The lowest BCUT2D eigenvalue weighted by Gasteiger charge is -2.23. The Morgan fingerprint density at radius 1 is 1.00 bits per heavy atom. The summed E-state index contributed by atoms with van der Waals surface area (Å²) in [4.78, 5) is 29.2. The van der Waals surface area contributed by atoms with E-state index in [1.165, 1.54) is 0 Å². The predicted molar refractivity (Wildman–Crippen MR) is 137 cm³/mol. The molecule has 2 aromatic rings. The molecule has 0 atom stereocenters. The van der Waals surface area contributed by atoms with Gasteiger partial charge in [0, 0.05) is 35.7 Å². The van der Waals surface area contributed by atoms with E-state index in [9.17, 15) is 9.59 Å². The second kappa shape index (κ2) is 11.1. The summed E-state index contributed by atoms with van der Waals surface area (Å²) < 4.78 is 10.8. The van der Waals surface area contributed by atoms with Crippen molar-refractivity contribution >= 4 is 34.4 Å². The molecule has 2 aromatic carbocycles. The zero-order chi connectivity index (χ0) is 24.8. The van der Waals surface area contributed by atoms with E-state index in [0.717, 1.165) is 35.7 Å². The molecule has 1 aliphatic rings. The normalized spacial score (nSPS) is 13.9. The zero-order valence-electron chi connectivity index (χ0n) is 20.8. The van der Waals surface area contributed by atoms with Crippen LogP contribution in [0.15, 0.2) is 42.1 Å². The Kier molecular flexibility index (Phi) is 8.17. The Balaban J connectivity index is 1.84. The summed E-state index contributed by atoms with van der Waals surface area (Å²) in [7, 11) is 4.92. The van der Waals surface area contributed by atoms with Crippen molar-refractivity contribution in [3.63, 3.8) is 0 Å². The molecule has 1 aliphatic heterocycles. The van der Waals surface area contributed by atoms with Gasteiger partial charge in [0.05, 0.1) is 32.0 Å². The van der Waals surface area contributed by atoms with Crippen molar-refractivity contribution in [3.8, 4) is 11.5 Å². The van der Waals surface area contributed by atoms with E-state index < -0.39 is 0 Å². The van der Waals surface area contributed by atoms with Crippen LogP contribution in [0, 0.1) is 0 Å². The second-order valence-electron chi connectivity index (χ2n) is 8.00. The summed E-state index contributed by atoms with van der Waals surface area (Å²) >= 11 is 0. The van der Waals surface area contributed by atoms with Gasteiger partial charge in [0.1, 0.15) is 0 Å². The van der Waals surface area contributed by atoms with Gasteiger partial charge in [-0.1, -0.05) is 20.8 Å². The average Bonchev–Trinajstić information content (AvgIpc) is 3.18. The first-order chi connectivity index (χ1) is 16.4. The highest BCUT2D eigenvalue weighted by Crippen LogP contribution is 2.42. The predicted octanol–water partition coefficient (Wildman–Crippen LogP) is 4.19. The van der Waals surface area contributed by atoms with E-state index in [0.29, 0.717) is 35.7 Å². The number of hydrogen-bond acceptors (Lipinski definition) is 6. The third-order valence-corrected chi connectivity index (χ3v) is 6.10. The first-order valence-electron chi connectivity index (χ1n) is 11.5. The number of carbonyl (C=O) groups excluding carboxylic acids is 2. The summed E-state index contributed by atoms with van der Waals surface area (Å²) in [5.41, 5.74) is 4.48. The minimum absolute atomic E-state index is 0.0457. The lowest BCUT2D eigenvalue weighted by molar-refractivity contribution is -0.119. The van der Waals surface area contributed by atoms with Crippen molar-refractivity contribution in [3.05, 3.63) is 47.7 Å². The highest BCUT2D eigenvalue weighted by atomic mass is 16.5. The molecule has 0 saturated carbocycles. The Labute approximate surface area is 201 Å². The van der Waals surface area contributed by atoms with Crippen molar-refractivity contribution in [2.75, 3.05) is 56.4 Å². The SMILES string of the molecule is CC/C(Nc1ccc(N(C)C(=O)CN(CC)CC)cc1)=C1/C(=O)Nc2cc(OC)c(OC)cc21. The largest absolute Gasteiger partial charge is 0.493 e. The summed E-state index contributed by atoms with van der Waals surface area (Å²) in [5, 5.41) is 6.30. The number of nitrogens with zero attached hydrogens (tertiary/aromatic N) is 2. The van der Waals surface area contributed by atoms with Gasteiger partial charge < -0.3 is 25.0 Å². The molecule has 182 valence electrons. The Morgan fingerprint density at radius 3 is 2.18 bits per heavy atom. The molecule has 3 rings (SSSR count). The van der Waals surface area contributed by atoms with E-state index in [-0.39, 0.29) is 11.8 Å². The molecule has 0 fully saturated rings. The quantitative estimate of drug-likeness (QED) is 0.511. The number of amides is 2. The summed E-state index contributed by atoms with van der Waals surface area (Å²) in [5.74, 6) is 0.994. The average molecular weight is 467 g/mol. The maximum Gasteiger partial charge on any atom is 0.258 e. The Morgan fingerprint density at radius 2 is 1.62 bits per heavy atom. The van der Waals surface area contributed by atoms with Crippen molar-refractivity contribution in [1.82, 2.24) is 4.90 Å². The van der Waals surface area contributed by atoms with Crippen LogP contribution in [0.2, 0.25) is 0 Å². The van der Waals surface area contributed by atoms with Gasteiger partial charge in [0.15, 0.2) is 11.5 Å². The lowest BCUT2D eigenvalue weighted by atomic mass is 10.0. The van der Waals surface area contributed by atoms with Gasteiger partial charge in [-0.25, -0.2) is 0 Å². The van der Waals surface area contributed by atoms with Crippen LogP contribution in [0.3, 0.4) is 0 Å². The number of benzene rings is 2. The van der Waals surface area contributed by atoms with Crippen molar-refractivity contribution < 1.29 is 19.1 Å². The van der Waals surface area contributed by atoms with E-state index in [2.05, 4.69) is 15.5 Å². The van der Waals surface area contributed by atoms with Crippen LogP contribution < -0.4 is 25.0 Å². The fraction of sp³-hybridized carbons (Fsp3) is 0.385. The van der Waals surface area contributed by atoms with E-state index in [4.69, 9.17) is 9.47 Å². The van der Waals surface area contributed by atoms with Crippen LogP contribution in [-0.2, 0) is 9.59 Å². The minimum atomic E-state index is -0.173. The summed E-state index contributed by atoms with van der Waals surface area (Å²) in [6, 6.07) is 11.2. The highest BCUT2D eigenvalue weighted by Gasteiger charge is 2.29. The van der Waals surface area contributed by atoms with Gasteiger partial charge in [-0.15, -0.1) is 0 Å². The molecule has 8 heteroatoms. The molecule has 0 spiro atoms. The number of anilines is 3. The molecule has 1 heterocycles. The number of likely N-dealkylation sites (N-methyl/N-ethyl adjacent to an activating group) is 2. The maximum atomic E-state index is 12.8. The number of carbonyl (C=O) groups is 2. The van der Waals surface area contributed by atoms with Crippen LogP contribution >= 0.6 is 0 Å². The highest BCUT2D eigenvalue weighted by molar-refractivity contribution is 6.32. The van der Waals surface area contributed by atoms with E-state index >= 15 is 0 Å². The molecule has 8 nitrogen and oxygen atoms in total. The fourth-order valence-corrected chi connectivity index (χ4v) is 3.95. The number of rotatable bonds is 10. The molecule has 0 unspecified atom stereocenters. The smallest absolute Gasteiger partial charge is 0.258 e. The van der Waals surface area contributed by atoms with Gasteiger partial charge in [0.25, 0.3) is 5.91 Å². The monoisotopic (exact) mass is 466 g/mol. The minimum Gasteiger partial charge on any atom is -0.493 e. The van der Waals surface area contributed by atoms with Crippen LogP contribution in [0.1, 0.15) is 32.8 Å². The van der Waals surface area contributed by atoms with Crippen molar-refractivity contribution in [1.29, 1.82) is 0 Å². The Hall–Kier alpha value is -3.52. The first kappa shape index (κ1) is 25.1. The first-order valence-corrected chi connectivity index (χ1v) is 11.5. The van der Waals surface area contributed by atoms with E-state index in [1.54, 1.807) is 32.2 Å². The number of ether oxygens (including phenoxy) is 2. The van der Waals surface area contributed by atoms with Gasteiger partial charge in [-0.2, -0.15) is 0 Å². The number of methoxy groups -OCH3 is 2. The number of fused-ring (bicyclic) bond motifs is 1. The molecule has 34 heavy (non-hydrogen) atoms. The van der Waals surface area contributed by atoms with Crippen molar-refractivity contribution in [2.24, 2.45) is 0 Å². The molecular weight excluding hydrogens is 432 g/mol. The van der Waals surface area contributed by atoms with Crippen LogP contribution in [-0.4, -0.2) is 57.6 Å². The molecule has 0 radical (unpaired) electrons. The van der Waals surface area contributed by atoms with Gasteiger partial charge >= 0.3 is 0 Å². The van der Waals surface area contributed by atoms with Crippen molar-refractivity contribution in [2.45, 2.75) is 27.2 Å². The molecule has 2 N–H and O–H groups in total. The van der Waals surface area contributed by atoms with Crippen LogP contribution in [0.25, 0.3) is 5.57 Å².